The van der Waals surface area contributed by atoms with Crippen LogP contribution in [0.3, 0.4) is 0 Å². The minimum atomic E-state index is -8.31. The summed E-state index contributed by atoms with van der Waals surface area (Å²) in [4.78, 5) is 0. The van der Waals surface area contributed by atoms with Crippen LogP contribution >= 0.6 is 26.7 Å². The standard InChI is InChI=1S/C7Cl3F15I/c8-26(9,10)5(19,7(23,24)25)3(15,16)1(11,12)2(13,14)4(17,18)6(20,21)22/q-1. The fourth-order valence-corrected chi connectivity index (χ4v) is 6.44. The Hall–Kier alpha value is 0.550. The van der Waals surface area contributed by atoms with Gasteiger partial charge in [0, 0.05) is 0 Å². The summed E-state index contributed by atoms with van der Waals surface area (Å²) in [5, 5.41) is 0. The molecule has 0 aromatic rings. The second-order valence-corrected chi connectivity index (χ2v) is 19.4. The minimum absolute atomic E-state index is 4.32. The van der Waals surface area contributed by atoms with Crippen LogP contribution < -0.4 is 15.0 Å². The summed E-state index contributed by atoms with van der Waals surface area (Å²) in [7, 11) is 13.0. The van der Waals surface area contributed by atoms with Gasteiger partial charge in [0.1, 0.15) is 0 Å². The third-order valence-corrected chi connectivity index (χ3v) is 9.52. The van der Waals surface area contributed by atoms with E-state index in [9.17, 15) is 65.9 Å². The Balaban J connectivity index is 6.86. The van der Waals surface area contributed by atoms with Crippen molar-refractivity contribution in [1.29, 1.82) is 0 Å². The molecule has 0 saturated carbocycles. The molecule has 162 valence electrons. The molecule has 0 aromatic heterocycles. The predicted molar refractivity (Wildman–Crippen MR) is 53.3 cm³/mol. The van der Waals surface area contributed by atoms with Crippen LogP contribution in [0, 0.1) is 0 Å². The van der Waals surface area contributed by atoms with Crippen LogP contribution in [0.25, 0.3) is 0 Å². The molecule has 0 N–H and O–H groups in total. The third-order valence-electron chi connectivity index (χ3n) is 2.58. The number of halogens is 19. The van der Waals surface area contributed by atoms with Gasteiger partial charge in [-0.2, -0.15) is 0 Å². The Morgan fingerprint density at radius 2 is 0.654 bits per heavy atom. The SMILES string of the molecule is FC(F)(F)C(F)(F)C(F)(F)C(F)(F)C(F)(F)C(F)(C(F)(F)F)[I-](Cl)(Cl)Cl. The van der Waals surface area contributed by atoms with Crippen molar-refractivity contribution in [2.45, 2.75) is 39.7 Å². The quantitative estimate of drug-likeness (QED) is 0.254. The molecule has 0 aromatic carbocycles. The second kappa shape index (κ2) is 6.53. The van der Waals surface area contributed by atoms with Crippen LogP contribution in [0.1, 0.15) is 0 Å². The molecule has 0 saturated heterocycles. The van der Waals surface area contributed by atoms with E-state index in [1.165, 1.54) is 0 Å². The van der Waals surface area contributed by atoms with E-state index >= 15 is 0 Å². The van der Waals surface area contributed by atoms with E-state index in [1.807, 2.05) is 0 Å². The zero-order valence-corrected chi connectivity index (χ0v) is 15.1. The van der Waals surface area contributed by atoms with Crippen molar-refractivity contribution in [1.82, 2.24) is 0 Å². The van der Waals surface area contributed by atoms with Crippen molar-refractivity contribution in [2.24, 2.45) is 0 Å². The Labute approximate surface area is 147 Å². The van der Waals surface area contributed by atoms with Gasteiger partial charge in [0.25, 0.3) is 0 Å². The molecule has 26 heavy (non-hydrogen) atoms. The van der Waals surface area contributed by atoms with E-state index in [-0.39, 0.29) is 0 Å². The van der Waals surface area contributed by atoms with Gasteiger partial charge in [0.15, 0.2) is 0 Å². The molecule has 0 aliphatic heterocycles. The molecule has 0 aliphatic rings. The van der Waals surface area contributed by atoms with Crippen molar-refractivity contribution < 1.29 is 80.9 Å². The molecule has 0 amide bonds. The molecule has 0 nitrogen and oxygen atoms in total. The molecule has 0 rings (SSSR count). The van der Waals surface area contributed by atoms with Crippen molar-refractivity contribution in [2.75, 3.05) is 0 Å². The van der Waals surface area contributed by atoms with E-state index < -0.39 is 54.8 Å². The average molecular weight is 602 g/mol. The van der Waals surface area contributed by atoms with Crippen molar-refractivity contribution >= 4 is 26.7 Å². The van der Waals surface area contributed by atoms with Crippen molar-refractivity contribution in [3.8, 4) is 0 Å². The van der Waals surface area contributed by atoms with Gasteiger partial charge in [-0.3, -0.25) is 0 Å². The molecule has 0 radical (unpaired) electrons. The van der Waals surface area contributed by atoms with Crippen molar-refractivity contribution in [3.63, 3.8) is 0 Å². The summed E-state index contributed by atoms with van der Waals surface area (Å²) in [6.45, 7) is 0. The summed E-state index contributed by atoms with van der Waals surface area (Å²) >= 11 is -7.44. The van der Waals surface area contributed by atoms with Gasteiger partial charge in [-0.05, 0) is 0 Å². The van der Waals surface area contributed by atoms with E-state index in [4.69, 9.17) is 0 Å². The Morgan fingerprint density at radius 1 is 0.385 bits per heavy atom. The first-order valence-corrected chi connectivity index (χ1v) is 14.2. The average Bonchev–Trinajstić information content (AvgIpc) is 2.32. The number of rotatable bonds is 5. The van der Waals surface area contributed by atoms with Gasteiger partial charge in [-0.25, -0.2) is 0 Å². The molecule has 0 fully saturated rings. The van der Waals surface area contributed by atoms with Crippen LogP contribution in [-0.4, -0.2) is 39.7 Å². The van der Waals surface area contributed by atoms with Gasteiger partial charge >= 0.3 is 147 Å². The zero-order chi connectivity index (χ0) is 22.0. The fourth-order valence-electron chi connectivity index (χ4n) is 1.20. The van der Waals surface area contributed by atoms with Gasteiger partial charge in [-0.1, -0.05) is 0 Å². The maximum atomic E-state index is 13.8. The van der Waals surface area contributed by atoms with Gasteiger partial charge in [0.05, 0.1) is 0 Å². The Kier molecular flexibility index (Phi) is 6.67. The Morgan fingerprint density at radius 3 is 0.846 bits per heavy atom. The van der Waals surface area contributed by atoms with Crippen LogP contribution in [0.5, 0.6) is 0 Å². The summed E-state index contributed by atoms with van der Waals surface area (Å²) in [6.07, 6.45) is -15.0. The molecule has 0 heterocycles. The van der Waals surface area contributed by atoms with Gasteiger partial charge in [0.2, 0.25) is 0 Å². The predicted octanol–water partition coefficient (Wildman–Crippen LogP) is 3.94. The second-order valence-electron chi connectivity index (χ2n) is 4.24. The molecule has 1 atom stereocenters. The van der Waals surface area contributed by atoms with E-state index in [1.54, 1.807) is 0 Å². The normalized spacial score (nSPS) is 19.3. The summed E-state index contributed by atoms with van der Waals surface area (Å²) in [5.41, 5.74) is 0. The maximum absolute atomic E-state index is 13.8. The monoisotopic (exact) mass is 601 g/mol. The number of hydrogen-bond donors (Lipinski definition) is 0. The molecule has 1 unspecified atom stereocenters. The van der Waals surface area contributed by atoms with Crippen LogP contribution in [0.2, 0.25) is 0 Å². The topological polar surface area (TPSA) is 0 Å². The molecule has 0 spiro atoms. The van der Waals surface area contributed by atoms with Crippen LogP contribution in [0.4, 0.5) is 65.9 Å². The van der Waals surface area contributed by atoms with Crippen LogP contribution in [0.15, 0.2) is 0 Å². The number of hydrogen-bond acceptors (Lipinski definition) is 0. The fraction of sp³-hybridized carbons (Fsp3) is 1.00. The molecule has 19 heteroatoms. The molecule has 0 aliphatic carbocycles. The molecule has 0 bridgehead atoms. The summed E-state index contributed by atoms with van der Waals surface area (Å²) in [6, 6.07) is 0. The Bertz CT molecular complexity index is 515. The number of alkyl halides is 16. The molecular formula is C7Cl3F15I-. The van der Waals surface area contributed by atoms with Crippen molar-refractivity contribution in [3.05, 3.63) is 0 Å². The van der Waals surface area contributed by atoms with Crippen LogP contribution in [-0.2, 0) is 0 Å². The van der Waals surface area contributed by atoms with Gasteiger partial charge < -0.3 is 0 Å². The summed E-state index contributed by atoms with van der Waals surface area (Å²) in [5.74, 6) is -32.6. The van der Waals surface area contributed by atoms with Gasteiger partial charge in [-0.15, -0.1) is 0 Å². The first-order valence-electron chi connectivity index (χ1n) is 4.95. The zero-order valence-electron chi connectivity index (χ0n) is 10.7. The first kappa shape index (κ1) is 26.6. The van der Waals surface area contributed by atoms with E-state index in [2.05, 4.69) is 26.7 Å². The van der Waals surface area contributed by atoms with E-state index in [0.29, 0.717) is 0 Å². The molecular weight excluding hydrogens is 602 g/mol. The summed E-state index contributed by atoms with van der Waals surface area (Å²) < 4.78 is 184. The van der Waals surface area contributed by atoms with E-state index in [0.717, 1.165) is 0 Å². The third kappa shape index (κ3) is 3.37. The first-order chi connectivity index (χ1) is 10.8.